The average molecular weight is 391 g/mol. The average Bonchev–Trinajstić information content (AvgIpc) is 2.38. The molecule has 0 aromatic heterocycles. The van der Waals surface area contributed by atoms with E-state index < -0.39 is 11.9 Å². The largest absolute Gasteiger partial charge is 0.481 e. The third-order valence-corrected chi connectivity index (χ3v) is 4.62. The van der Waals surface area contributed by atoms with Crippen molar-refractivity contribution in [2.24, 2.45) is 5.92 Å². The molecule has 1 saturated heterocycles. The Labute approximate surface area is 130 Å². The summed E-state index contributed by atoms with van der Waals surface area (Å²) in [6.07, 6.45) is 1.26. The van der Waals surface area contributed by atoms with E-state index in [1.807, 2.05) is 22.6 Å². The van der Waals surface area contributed by atoms with Crippen molar-refractivity contribution in [2.45, 2.75) is 25.8 Å². The lowest BCUT2D eigenvalue weighted by molar-refractivity contribution is -0.144. The molecule has 1 aliphatic heterocycles. The summed E-state index contributed by atoms with van der Waals surface area (Å²) >= 11 is 1.92. The zero-order valence-corrected chi connectivity index (χ0v) is 13.1. The predicted octanol–water partition coefficient (Wildman–Crippen LogP) is 2.76. The van der Waals surface area contributed by atoms with Gasteiger partial charge in [-0.15, -0.1) is 0 Å². The highest BCUT2D eigenvalue weighted by atomic mass is 127. The van der Waals surface area contributed by atoms with Crippen molar-refractivity contribution in [1.29, 1.82) is 0 Å². The number of likely N-dealkylation sites (tertiary alicyclic amines) is 1. The number of rotatable bonds is 2. The second-order valence-corrected chi connectivity index (χ2v) is 6.11. The molecule has 0 saturated carbocycles. The van der Waals surface area contributed by atoms with Crippen LogP contribution in [0, 0.1) is 15.3 Å². The van der Waals surface area contributed by atoms with Crippen molar-refractivity contribution in [2.75, 3.05) is 6.54 Å². The van der Waals surface area contributed by atoms with Crippen molar-refractivity contribution in [3.63, 3.8) is 0 Å². The molecule has 2 rings (SSSR count). The van der Waals surface area contributed by atoms with Gasteiger partial charge in [0.1, 0.15) is 5.82 Å². The van der Waals surface area contributed by atoms with E-state index in [2.05, 4.69) is 0 Å². The topological polar surface area (TPSA) is 57.6 Å². The van der Waals surface area contributed by atoms with Crippen LogP contribution in [0.4, 0.5) is 4.39 Å². The van der Waals surface area contributed by atoms with Crippen LogP contribution in [-0.2, 0) is 4.79 Å². The zero-order valence-electron chi connectivity index (χ0n) is 11.0. The summed E-state index contributed by atoms with van der Waals surface area (Å²) in [5.74, 6) is -2.02. The molecule has 1 fully saturated rings. The molecule has 1 amide bonds. The Morgan fingerprint density at radius 3 is 2.75 bits per heavy atom. The lowest BCUT2D eigenvalue weighted by atomic mass is 9.90. The van der Waals surface area contributed by atoms with Crippen molar-refractivity contribution >= 4 is 34.5 Å². The van der Waals surface area contributed by atoms with Crippen LogP contribution < -0.4 is 0 Å². The molecule has 0 spiro atoms. The first-order valence-corrected chi connectivity index (χ1v) is 7.48. The Morgan fingerprint density at radius 2 is 2.15 bits per heavy atom. The standard InChI is InChI=1S/C14H15FINO3/c1-8-10(14(19)20)3-2-6-17(8)13(18)11-5-4-9(15)7-12(11)16/h4-5,7-8,10H,2-3,6H2,1H3,(H,19,20)/t8-,10-/m1/s1. The van der Waals surface area contributed by atoms with Gasteiger partial charge in [-0.25, -0.2) is 4.39 Å². The van der Waals surface area contributed by atoms with Gasteiger partial charge in [-0.3, -0.25) is 9.59 Å². The molecule has 1 heterocycles. The fraction of sp³-hybridized carbons (Fsp3) is 0.429. The van der Waals surface area contributed by atoms with E-state index in [1.165, 1.54) is 18.2 Å². The molecule has 1 aromatic carbocycles. The Balaban J connectivity index is 2.26. The number of hydrogen-bond acceptors (Lipinski definition) is 2. The first-order valence-electron chi connectivity index (χ1n) is 6.40. The van der Waals surface area contributed by atoms with E-state index >= 15 is 0 Å². The monoisotopic (exact) mass is 391 g/mol. The molecule has 6 heteroatoms. The normalized spacial score (nSPS) is 22.6. The molecule has 1 aliphatic rings. The second-order valence-electron chi connectivity index (χ2n) is 4.95. The maximum atomic E-state index is 13.1. The van der Waals surface area contributed by atoms with Crippen molar-refractivity contribution in [3.8, 4) is 0 Å². The number of carbonyl (C=O) groups is 2. The Morgan fingerprint density at radius 1 is 1.45 bits per heavy atom. The number of carboxylic acid groups (broad SMARTS) is 1. The predicted molar refractivity (Wildman–Crippen MR) is 80.0 cm³/mol. The second kappa shape index (κ2) is 6.07. The van der Waals surface area contributed by atoms with E-state index in [-0.39, 0.29) is 17.8 Å². The number of aliphatic carboxylic acids is 1. The number of halogens is 2. The van der Waals surface area contributed by atoms with Gasteiger partial charge in [-0.05, 0) is 60.6 Å². The van der Waals surface area contributed by atoms with Crippen LogP contribution in [-0.4, -0.2) is 34.5 Å². The Hall–Kier alpha value is -1.18. The molecular weight excluding hydrogens is 376 g/mol. The van der Waals surface area contributed by atoms with Crippen LogP contribution in [0.3, 0.4) is 0 Å². The molecule has 0 aliphatic carbocycles. The number of nitrogens with zero attached hydrogens (tertiary/aromatic N) is 1. The molecule has 108 valence electrons. The van der Waals surface area contributed by atoms with Gasteiger partial charge < -0.3 is 10.0 Å². The SMILES string of the molecule is C[C@@H]1[C@H](C(=O)O)CCCN1C(=O)c1ccc(F)cc1I. The lowest BCUT2D eigenvalue weighted by Crippen LogP contribution is -2.49. The van der Waals surface area contributed by atoms with Gasteiger partial charge in [0, 0.05) is 16.2 Å². The number of piperidine rings is 1. The molecule has 1 aromatic rings. The summed E-state index contributed by atoms with van der Waals surface area (Å²) in [5, 5.41) is 9.18. The van der Waals surface area contributed by atoms with Crippen LogP contribution in [0.25, 0.3) is 0 Å². The van der Waals surface area contributed by atoms with E-state index in [9.17, 15) is 19.1 Å². The number of amides is 1. The van der Waals surface area contributed by atoms with Crippen LogP contribution in [0.1, 0.15) is 30.1 Å². The lowest BCUT2D eigenvalue weighted by Gasteiger charge is -2.37. The molecule has 0 radical (unpaired) electrons. The van der Waals surface area contributed by atoms with E-state index in [1.54, 1.807) is 11.8 Å². The van der Waals surface area contributed by atoms with Crippen molar-refractivity contribution < 1.29 is 19.1 Å². The van der Waals surface area contributed by atoms with Crippen LogP contribution in [0.2, 0.25) is 0 Å². The summed E-state index contributed by atoms with van der Waals surface area (Å²) in [5.41, 5.74) is 0.421. The quantitative estimate of drug-likeness (QED) is 0.789. The summed E-state index contributed by atoms with van der Waals surface area (Å²) in [6, 6.07) is 3.65. The minimum Gasteiger partial charge on any atom is -0.481 e. The highest BCUT2D eigenvalue weighted by molar-refractivity contribution is 14.1. The third kappa shape index (κ3) is 2.94. The Kier molecular flexibility index (Phi) is 4.62. The molecule has 0 bridgehead atoms. The number of benzene rings is 1. The molecule has 0 unspecified atom stereocenters. The molecule has 2 atom stereocenters. The van der Waals surface area contributed by atoms with Crippen LogP contribution in [0.5, 0.6) is 0 Å². The van der Waals surface area contributed by atoms with E-state index in [0.717, 1.165) is 0 Å². The Bertz CT molecular complexity index is 549. The van der Waals surface area contributed by atoms with E-state index in [0.29, 0.717) is 28.5 Å². The molecule has 4 nitrogen and oxygen atoms in total. The van der Waals surface area contributed by atoms with Crippen molar-refractivity contribution in [1.82, 2.24) is 4.90 Å². The highest BCUT2D eigenvalue weighted by Gasteiger charge is 2.36. The minimum absolute atomic E-state index is 0.229. The van der Waals surface area contributed by atoms with Gasteiger partial charge in [0.2, 0.25) is 0 Å². The minimum atomic E-state index is -0.871. The van der Waals surface area contributed by atoms with Gasteiger partial charge in [0.05, 0.1) is 11.5 Å². The third-order valence-electron chi connectivity index (χ3n) is 3.73. The highest BCUT2D eigenvalue weighted by Crippen LogP contribution is 2.26. The molecular formula is C14H15FINO3. The number of hydrogen-bond donors (Lipinski definition) is 1. The van der Waals surface area contributed by atoms with Crippen LogP contribution in [0.15, 0.2) is 18.2 Å². The van der Waals surface area contributed by atoms with Gasteiger partial charge in [-0.1, -0.05) is 0 Å². The number of carbonyl (C=O) groups excluding carboxylic acids is 1. The fourth-order valence-corrected chi connectivity index (χ4v) is 3.29. The summed E-state index contributed by atoms with van der Waals surface area (Å²) in [6.45, 7) is 2.30. The van der Waals surface area contributed by atoms with E-state index in [4.69, 9.17) is 0 Å². The first kappa shape index (κ1) is 15.2. The van der Waals surface area contributed by atoms with Gasteiger partial charge >= 0.3 is 5.97 Å². The maximum Gasteiger partial charge on any atom is 0.308 e. The number of carboxylic acids is 1. The summed E-state index contributed by atoms with van der Waals surface area (Å²) < 4.78 is 13.6. The molecule has 1 N–H and O–H groups in total. The van der Waals surface area contributed by atoms with Crippen molar-refractivity contribution in [3.05, 3.63) is 33.1 Å². The van der Waals surface area contributed by atoms with Gasteiger partial charge in [0.15, 0.2) is 0 Å². The summed E-state index contributed by atoms with van der Waals surface area (Å²) in [4.78, 5) is 25.3. The smallest absolute Gasteiger partial charge is 0.308 e. The first-order chi connectivity index (χ1) is 9.41. The van der Waals surface area contributed by atoms with Gasteiger partial charge in [0.25, 0.3) is 5.91 Å². The molecule has 20 heavy (non-hydrogen) atoms. The van der Waals surface area contributed by atoms with Gasteiger partial charge in [-0.2, -0.15) is 0 Å². The zero-order chi connectivity index (χ0) is 14.9. The van der Waals surface area contributed by atoms with Crippen LogP contribution >= 0.6 is 22.6 Å². The summed E-state index contributed by atoms with van der Waals surface area (Å²) in [7, 11) is 0. The maximum absolute atomic E-state index is 13.1. The fourth-order valence-electron chi connectivity index (χ4n) is 2.58.